The minimum Gasteiger partial charge on any atom is -0.493 e. The van der Waals surface area contributed by atoms with Gasteiger partial charge in [0.15, 0.2) is 6.29 Å². The summed E-state index contributed by atoms with van der Waals surface area (Å²) in [6.07, 6.45) is 5.50. The SMILES string of the molecule is CC(=O)CCCCCCOc1ccccc1C=O. The van der Waals surface area contributed by atoms with Crippen LogP contribution in [0.15, 0.2) is 24.3 Å². The van der Waals surface area contributed by atoms with Gasteiger partial charge in [-0.15, -0.1) is 0 Å². The zero-order valence-corrected chi connectivity index (χ0v) is 10.9. The van der Waals surface area contributed by atoms with E-state index in [0.29, 0.717) is 24.3 Å². The second-order valence-electron chi connectivity index (χ2n) is 4.37. The van der Waals surface area contributed by atoms with Crippen LogP contribution in [-0.4, -0.2) is 18.7 Å². The molecule has 0 saturated carbocycles. The quantitative estimate of drug-likeness (QED) is 0.497. The molecule has 0 amide bonds. The molecule has 0 radical (unpaired) electrons. The van der Waals surface area contributed by atoms with Crippen molar-refractivity contribution in [2.45, 2.75) is 39.0 Å². The Morgan fingerprint density at radius 1 is 1.17 bits per heavy atom. The number of benzene rings is 1. The Morgan fingerprint density at radius 3 is 2.61 bits per heavy atom. The standard InChI is InChI=1S/C15H20O3/c1-13(17)8-4-2-3-7-11-18-15-10-6-5-9-14(15)12-16/h5-6,9-10,12H,2-4,7-8,11H2,1H3. The van der Waals surface area contributed by atoms with Gasteiger partial charge in [0.05, 0.1) is 12.2 Å². The van der Waals surface area contributed by atoms with Gasteiger partial charge in [0.1, 0.15) is 11.5 Å². The van der Waals surface area contributed by atoms with Crippen molar-refractivity contribution in [2.24, 2.45) is 0 Å². The van der Waals surface area contributed by atoms with Gasteiger partial charge in [-0.2, -0.15) is 0 Å². The zero-order chi connectivity index (χ0) is 13.2. The van der Waals surface area contributed by atoms with Gasteiger partial charge in [-0.25, -0.2) is 0 Å². The minimum atomic E-state index is 0.256. The summed E-state index contributed by atoms with van der Waals surface area (Å²) in [5, 5.41) is 0. The largest absolute Gasteiger partial charge is 0.493 e. The molecule has 0 unspecified atom stereocenters. The maximum Gasteiger partial charge on any atom is 0.153 e. The lowest BCUT2D eigenvalue weighted by Crippen LogP contribution is -2.00. The van der Waals surface area contributed by atoms with Crippen molar-refractivity contribution in [1.82, 2.24) is 0 Å². The summed E-state index contributed by atoms with van der Waals surface area (Å²) >= 11 is 0. The molecule has 3 heteroatoms. The maximum atomic E-state index is 10.8. The van der Waals surface area contributed by atoms with Gasteiger partial charge in [0.2, 0.25) is 0 Å². The van der Waals surface area contributed by atoms with Crippen LogP contribution in [0.25, 0.3) is 0 Å². The van der Waals surface area contributed by atoms with Gasteiger partial charge in [0, 0.05) is 6.42 Å². The predicted molar refractivity (Wildman–Crippen MR) is 71.1 cm³/mol. The molecular formula is C15H20O3. The number of ether oxygens (including phenoxy) is 1. The highest BCUT2D eigenvalue weighted by molar-refractivity contribution is 5.79. The van der Waals surface area contributed by atoms with E-state index in [4.69, 9.17) is 4.74 Å². The van der Waals surface area contributed by atoms with E-state index in [1.807, 2.05) is 12.1 Å². The molecule has 1 aromatic carbocycles. The Labute approximate surface area is 108 Å². The van der Waals surface area contributed by atoms with E-state index in [1.54, 1.807) is 19.1 Å². The molecule has 0 N–H and O–H groups in total. The number of hydrogen-bond donors (Lipinski definition) is 0. The zero-order valence-electron chi connectivity index (χ0n) is 10.9. The number of para-hydroxylation sites is 1. The number of hydrogen-bond acceptors (Lipinski definition) is 3. The Balaban J connectivity index is 2.14. The Kier molecular flexibility index (Phi) is 6.77. The molecule has 98 valence electrons. The van der Waals surface area contributed by atoms with Gasteiger partial charge in [-0.3, -0.25) is 4.79 Å². The van der Waals surface area contributed by atoms with Crippen LogP contribution in [0.5, 0.6) is 5.75 Å². The van der Waals surface area contributed by atoms with Crippen LogP contribution in [-0.2, 0) is 4.79 Å². The van der Waals surface area contributed by atoms with Gasteiger partial charge >= 0.3 is 0 Å². The molecule has 0 atom stereocenters. The lowest BCUT2D eigenvalue weighted by atomic mass is 10.1. The molecule has 0 spiro atoms. The Bertz CT molecular complexity index is 385. The molecule has 18 heavy (non-hydrogen) atoms. The number of unbranched alkanes of at least 4 members (excludes halogenated alkanes) is 3. The van der Waals surface area contributed by atoms with Crippen molar-refractivity contribution >= 4 is 12.1 Å². The third-order valence-corrected chi connectivity index (χ3v) is 2.73. The Hall–Kier alpha value is -1.64. The fourth-order valence-electron chi connectivity index (χ4n) is 1.72. The molecule has 1 aromatic rings. The van der Waals surface area contributed by atoms with Crippen LogP contribution in [0, 0.1) is 0 Å². The minimum absolute atomic E-state index is 0.256. The fourth-order valence-corrected chi connectivity index (χ4v) is 1.72. The number of carbonyl (C=O) groups is 2. The second kappa shape index (κ2) is 8.45. The summed E-state index contributed by atoms with van der Waals surface area (Å²) in [6, 6.07) is 7.22. The average molecular weight is 248 g/mol. The van der Waals surface area contributed by atoms with Gasteiger partial charge in [0.25, 0.3) is 0 Å². The van der Waals surface area contributed by atoms with Crippen LogP contribution < -0.4 is 4.74 Å². The van der Waals surface area contributed by atoms with Crippen LogP contribution in [0.4, 0.5) is 0 Å². The summed E-state index contributed by atoms with van der Waals surface area (Å²) in [6.45, 7) is 2.24. The summed E-state index contributed by atoms with van der Waals surface area (Å²) in [5.74, 6) is 0.905. The van der Waals surface area contributed by atoms with Crippen molar-refractivity contribution < 1.29 is 14.3 Å². The molecule has 0 fully saturated rings. The third-order valence-electron chi connectivity index (χ3n) is 2.73. The molecule has 0 aliphatic heterocycles. The van der Waals surface area contributed by atoms with Crippen LogP contribution in [0.1, 0.15) is 49.4 Å². The van der Waals surface area contributed by atoms with E-state index >= 15 is 0 Å². The van der Waals surface area contributed by atoms with Gasteiger partial charge in [-0.1, -0.05) is 25.0 Å². The maximum absolute atomic E-state index is 10.8. The van der Waals surface area contributed by atoms with Crippen molar-refractivity contribution in [3.8, 4) is 5.75 Å². The van der Waals surface area contributed by atoms with Crippen LogP contribution in [0.3, 0.4) is 0 Å². The van der Waals surface area contributed by atoms with Crippen LogP contribution in [0.2, 0.25) is 0 Å². The number of Topliss-reactive ketones (excluding diaryl/α,β-unsaturated/α-hetero) is 1. The summed E-state index contributed by atoms with van der Waals surface area (Å²) < 4.78 is 5.56. The summed E-state index contributed by atoms with van der Waals surface area (Å²) in [7, 11) is 0. The molecule has 0 aromatic heterocycles. The first kappa shape index (κ1) is 14.4. The highest BCUT2D eigenvalue weighted by Crippen LogP contribution is 2.16. The first-order valence-corrected chi connectivity index (χ1v) is 6.40. The molecule has 1 rings (SSSR count). The number of aldehydes is 1. The average Bonchev–Trinajstić information content (AvgIpc) is 2.37. The number of rotatable bonds is 9. The smallest absolute Gasteiger partial charge is 0.153 e. The third kappa shape index (κ3) is 5.62. The number of carbonyl (C=O) groups excluding carboxylic acids is 2. The molecule has 3 nitrogen and oxygen atoms in total. The number of ketones is 1. The highest BCUT2D eigenvalue weighted by Gasteiger charge is 2.00. The topological polar surface area (TPSA) is 43.4 Å². The van der Waals surface area contributed by atoms with Crippen molar-refractivity contribution in [3.05, 3.63) is 29.8 Å². The Morgan fingerprint density at radius 2 is 1.89 bits per heavy atom. The fraction of sp³-hybridized carbons (Fsp3) is 0.467. The predicted octanol–water partition coefficient (Wildman–Crippen LogP) is 3.42. The van der Waals surface area contributed by atoms with Gasteiger partial charge < -0.3 is 9.53 Å². The summed E-state index contributed by atoms with van der Waals surface area (Å²) in [5.41, 5.74) is 0.592. The highest BCUT2D eigenvalue weighted by atomic mass is 16.5. The summed E-state index contributed by atoms with van der Waals surface area (Å²) in [4.78, 5) is 21.5. The normalized spacial score (nSPS) is 10.1. The van der Waals surface area contributed by atoms with Crippen molar-refractivity contribution in [1.29, 1.82) is 0 Å². The van der Waals surface area contributed by atoms with E-state index in [0.717, 1.165) is 32.0 Å². The van der Waals surface area contributed by atoms with Gasteiger partial charge in [-0.05, 0) is 31.9 Å². The van der Waals surface area contributed by atoms with Crippen molar-refractivity contribution in [2.75, 3.05) is 6.61 Å². The molecule has 0 aliphatic carbocycles. The van der Waals surface area contributed by atoms with E-state index in [-0.39, 0.29) is 5.78 Å². The second-order valence-corrected chi connectivity index (χ2v) is 4.37. The van der Waals surface area contributed by atoms with Crippen LogP contribution >= 0.6 is 0 Å². The molecule has 0 heterocycles. The van der Waals surface area contributed by atoms with E-state index < -0.39 is 0 Å². The molecular weight excluding hydrogens is 228 g/mol. The molecule has 0 saturated heterocycles. The van der Waals surface area contributed by atoms with E-state index in [2.05, 4.69) is 0 Å². The lowest BCUT2D eigenvalue weighted by molar-refractivity contribution is -0.117. The first-order chi connectivity index (χ1) is 8.74. The monoisotopic (exact) mass is 248 g/mol. The van der Waals surface area contributed by atoms with Crippen molar-refractivity contribution in [3.63, 3.8) is 0 Å². The van der Waals surface area contributed by atoms with E-state index in [9.17, 15) is 9.59 Å². The first-order valence-electron chi connectivity index (χ1n) is 6.40. The lowest BCUT2D eigenvalue weighted by Gasteiger charge is -2.07. The van der Waals surface area contributed by atoms with E-state index in [1.165, 1.54) is 0 Å². The molecule has 0 bridgehead atoms. The molecule has 0 aliphatic rings.